The van der Waals surface area contributed by atoms with Crippen LogP contribution in [0, 0.1) is 24.0 Å². The molecule has 33 heavy (non-hydrogen) atoms. The third kappa shape index (κ3) is 3.29. The van der Waals surface area contributed by atoms with Crippen LogP contribution < -0.4 is 10.3 Å². The van der Waals surface area contributed by atoms with Crippen LogP contribution in [-0.2, 0) is 0 Å². The number of anilines is 1. The van der Waals surface area contributed by atoms with Gasteiger partial charge >= 0.3 is 0 Å². The molecule has 0 saturated carbocycles. The number of fused-ring (bicyclic) bond motifs is 2. The first-order valence-electron chi connectivity index (χ1n) is 10.2. The average Bonchev–Trinajstić information content (AvgIpc) is 3.09. The van der Waals surface area contributed by atoms with Gasteiger partial charge < -0.3 is 4.42 Å². The normalized spacial score (nSPS) is 15.2. The summed E-state index contributed by atoms with van der Waals surface area (Å²) >= 11 is 6.33. The van der Waals surface area contributed by atoms with Gasteiger partial charge in [0.2, 0.25) is 5.76 Å². The van der Waals surface area contributed by atoms with Crippen LogP contribution in [0.1, 0.15) is 38.9 Å². The highest BCUT2D eigenvalue weighted by Gasteiger charge is 2.44. The molecule has 5 rings (SSSR count). The number of nitro benzene ring substituents is 1. The number of non-ortho nitro benzene ring substituents is 1. The van der Waals surface area contributed by atoms with Gasteiger partial charge in [0.15, 0.2) is 5.43 Å². The second kappa shape index (κ2) is 7.56. The van der Waals surface area contributed by atoms with Crippen LogP contribution >= 0.6 is 11.6 Å². The van der Waals surface area contributed by atoms with Gasteiger partial charge in [0, 0.05) is 22.8 Å². The summed E-state index contributed by atoms with van der Waals surface area (Å²) in [6.45, 7) is 3.70. The first-order chi connectivity index (χ1) is 15.8. The standard InChI is InChI=1S/C25H17ClN2O5/c1-13-6-9-20-18(10-13)23(29)21-22(15-4-3-5-17(11-15)28(31)32)27(25(30)24(21)33-20)16-8-7-14(2)19(26)12-16/h3-12,22H,1-2H3. The largest absolute Gasteiger partial charge is 0.450 e. The van der Waals surface area contributed by atoms with Crippen LogP contribution in [0.5, 0.6) is 0 Å². The molecule has 3 aromatic carbocycles. The minimum atomic E-state index is -0.910. The van der Waals surface area contributed by atoms with Gasteiger partial charge in [-0.15, -0.1) is 0 Å². The lowest BCUT2D eigenvalue weighted by atomic mass is 9.97. The molecule has 7 nitrogen and oxygen atoms in total. The molecule has 164 valence electrons. The summed E-state index contributed by atoms with van der Waals surface area (Å²) in [6.07, 6.45) is 0. The van der Waals surface area contributed by atoms with E-state index in [-0.39, 0.29) is 22.4 Å². The molecule has 0 radical (unpaired) electrons. The monoisotopic (exact) mass is 460 g/mol. The first-order valence-corrected chi connectivity index (χ1v) is 10.6. The Morgan fingerprint density at radius 2 is 1.82 bits per heavy atom. The third-order valence-corrected chi connectivity index (χ3v) is 6.26. The maximum atomic E-state index is 13.6. The lowest BCUT2D eigenvalue weighted by molar-refractivity contribution is -0.384. The molecule has 1 aliphatic heterocycles. The molecule has 0 saturated heterocycles. The van der Waals surface area contributed by atoms with Crippen molar-refractivity contribution in [3.05, 3.63) is 114 Å². The number of benzene rings is 3. The molecule has 4 aromatic rings. The van der Waals surface area contributed by atoms with Gasteiger partial charge in [0.25, 0.3) is 11.6 Å². The SMILES string of the molecule is Cc1ccc2oc3c(c(=O)c2c1)C(c1cccc([N+](=O)[O-])c1)N(c1ccc(C)c(Cl)c1)C3=O. The molecule has 0 aliphatic carbocycles. The topological polar surface area (TPSA) is 93.7 Å². The maximum Gasteiger partial charge on any atom is 0.295 e. The van der Waals surface area contributed by atoms with E-state index in [1.807, 2.05) is 13.8 Å². The number of hydrogen-bond donors (Lipinski definition) is 0. The molecule has 1 atom stereocenters. The predicted octanol–water partition coefficient (Wildman–Crippen LogP) is 5.72. The zero-order chi connectivity index (χ0) is 23.4. The van der Waals surface area contributed by atoms with Crippen LogP contribution in [0.25, 0.3) is 11.0 Å². The van der Waals surface area contributed by atoms with Crippen LogP contribution in [0.15, 0.2) is 69.9 Å². The van der Waals surface area contributed by atoms with Crippen molar-refractivity contribution in [3.63, 3.8) is 0 Å². The van der Waals surface area contributed by atoms with E-state index in [0.29, 0.717) is 27.2 Å². The molecule has 0 bridgehead atoms. The molecule has 2 heterocycles. The van der Waals surface area contributed by atoms with Gasteiger partial charge in [-0.2, -0.15) is 0 Å². The number of carbonyl (C=O) groups is 1. The summed E-state index contributed by atoms with van der Waals surface area (Å²) in [5, 5.41) is 12.2. The number of amides is 1. The quantitative estimate of drug-likeness (QED) is 0.288. The second-order valence-corrected chi connectivity index (χ2v) is 8.44. The molecule has 1 unspecified atom stereocenters. The lowest BCUT2D eigenvalue weighted by Crippen LogP contribution is -2.29. The summed E-state index contributed by atoms with van der Waals surface area (Å²) in [5.74, 6) is -0.592. The summed E-state index contributed by atoms with van der Waals surface area (Å²) < 4.78 is 5.93. The molecule has 1 aliphatic rings. The zero-order valence-corrected chi connectivity index (χ0v) is 18.4. The molecular formula is C25H17ClN2O5. The number of hydrogen-bond acceptors (Lipinski definition) is 5. The Hall–Kier alpha value is -3.97. The fraction of sp³-hybridized carbons (Fsp3) is 0.120. The van der Waals surface area contributed by atoms with E-state index in [1.54, 1.807) is 42.5 Å². The highest BCUT2D eigenvalue weighted by atomic mass is 35.5. The molecule has 1 amide bonds. The second-order valence-electron chi connectivity index (χ2n) is 8.04. The van der Waals surface area contributed by atoms with Crippen molar-refractivity contribution >= 4 is 39.9 Å². The molecule has 0 N–H and O–H groups in total. The van der Waals surface area contributed by atoms with E-state index in [9.17, 15) is 19.7 Å². The molecule has 1 aromatic heterocycles. The van der Waals surface area contributed by atoms with E-state index in [2.05, 4.69) is 0 Å². The highest BCUT2D eigenvalue weighted by molar-refractivity contribution is 6.31. The molecular weight excluding hydrogens is 444 g/mol. The van der Waals surface area contributed by atoms with Crippen molar-refractivity contribution in [2.45, 2.75) is 19.9 Å². The van der Waals surface area contributed by atoms with Gasteiger partial charge in [-0.05, 0) is 49.2 Å². The van der Waals surface area contributed by atoms with E-state index >= 15 is 0 Å². The van der Waals surface area contributed by atoms with Crippen molar-refractivity contribution in [1.29, 1.82) is 0 Å². The molecule has 8 heteroatoms. The fourth-order valence-electron chi connectivity index (χ4n) is 4.21. The van der Waals surface area contributed by atoms with Crippen LogP contribution in [0.3, 0.4) is 0 Å². The summed E-state index contributed by atoms with van der Waals surface area (Å²) in [6, 6.07) is 15.3. The van der Waals surface area contributed by atoms with Crippen molar-refractivity contribution in [2.75, 3.05) is 4.90 Å². The van der Waals surface area contributed by atoms with Crippen LogP contribution in [-0.4, -0.2) is 10.8 Å². The fourth-order valence-corrected chi connectivity index (χ4v) is 4.38. The van der Waals surface area contributed by atoms with Gasteiger partial charge in [-0.3, -0.25) is 24.6 Å². The van der Waals surface area contributed by atoms with E-state index < -0.39 is 16.9 Å². The van der Waals surface area contributed by atoms with Gasteiger partial charge in [-0.25, -0.2) is 0 Å². The van der Waals surface area contributed by atoms with Crippen molar-refractivity contribution in [1.82, 2.24) is 0 Å². The number of halogens is 1. The number of aryl methyl sites for hydroxylation is 2. The van der Waals surface area contributed by atoms with Crippen LogP contribution in [0.2, 0.25) is 5.02 Å². The Morgan fingerprint density at radius 3 is 2.55 bits per heavy atom. The molecule has 0 fully saturated rings. The number of rotatable bonds is 3. The maximum absolute atomic E-state index is 13.6. The van der Waals surface area contributed by atoms with Gasteiger partial charge in [-0.1, -0.05) is 41.4 Å². The van der Waals surface area contributed by atoms with Crippen molar-refractivity contribution < 1.29 is 14.1 Å². The van der Waals surface area contributed by atoms with Gasteiger partial charge in [0.1, 0.15) is 5.58 Å². The molecule has 0 spiro atoms. The number of carbonyl (C=O) groups excluding carboxylic acids is 1. The average molecular weight is 461 g/mol. The third-order valence-electron chi connectivity index (χ3n) is 5.86. The highest BCUT2D eigenvalue weighted by Crippen LogP contribution is 2.42. The zero-order valence-electron chi connectivity index (χ0n) is 17.7. The van der Waals surface area contributed by atoms with Crippen molar-refractivity contribution in [2.24, 2.45) is 0 Å². The van der Waals surface area contributed by atoms with E-state index in [1.165, 1.54) is 23.1 Å². The Kier molecular flexibility index (Phi) is 4.79. The lowest BCUT2D eigenvalue weighted by Gasteiger charge is -2.25. The Morgan fingerprint density at radius 1 is 1.03 bits per heavy atom. The summed E-state index contributed by atoms with van der Waals surface area (Å²) in [5.41, 5.74) is 2.54. The van der Waals surface area contributed by atoms with E-state index in [0.717, 1.165) is 11.1 Å². The van der Waals surface area contributed by atoms with Gasteiger partial charge in [0.05, 0.1) is 21.9 Å². The predicted molar refractivity (Wildman–Crippen MR) is 125 cm³/mol. The number of nitro groups is 1. The van der Waals surface area contributed by atoms with Crippen LogP contribution in [0.4, 0.5) is 11.4 Å². The Labute approximate surface area is 193 Å². The Balaban J connectivity index is 1.83. The smallest absolute Gasteiger partial charge is 0.295 e. The summed E-state index contributed by atoms with van der Waals surface area (Å²) in [4.78, 5) is 39.5. The Bertz CT molecular complexity index is 1540. The first kappa shape index (κ1) is 20.9. The van der Waals surface area contributed by atoms with E-state index in [4.69, 9.17) is 16.0 Å². The minimum absolute atomic E-state index is 0.0791. The minimum Gasteiger partial charge on any atom is -0.450 e. The summed E-state index contributed by atoms with van der Waals surface area (Å²) in [7, 11) is 0. The number of nitrogens with zero attached hydrogens (tertiary/aromatic N) is 2. The van der Waals surface area contributed by atoms with Crippen molar-refractivity contribution in [3.8, 4) is 0 Å².